The number of hydrogen-bond donors (Lipinski definition) is 0. The Hall–Kier alpha value is -0.709. The van der Waals surface area contributed by atoms with Crippen LogP contribution in [0.1, 0.15) is 0 Å². The van der Waals surface area contributed by atoms with Crippen LogP contribution in [0, 0.1) is 0 Å². The van der Waals surface area contributed by atoms with E-state index in [0.717, 1.165) is 7.16 Å². The second-order valence-electron chi connectivity index (χ2n) is 11.8. The van der Waals surface area contributed by atoms with Crippen molar-refractivity contribution in [1.29, 1.82) is 0 Å². The number of benzene rings is 2. The zero-order valence-corrected chi connectivity index (χ0v) is 29.1. The molecule has 6 heteroatoms. The van der Waals surface area contributed by atoms with Crippen LogP contribution >= 0.6 is 0 Å². The molecule has 0 nitrogen and oxygen atoms in total. The number of allylic oxidation sites excluding steroid dienone is 8. The molecule has 0 saturated carbocycles. The van der Waals surface area contributed by atoms with E-state index < -0.39 is 54.0 Å². The average molecular weight is 718 g/mol. The second kappa shape index (κ2) is 11.0. The van der Waals surface area contributed by atoms with E-state index in [0.29, 0.717) is 19.2 Å². The first-order valence-corrected chi connectivity index (χ1v) is 32.4. The molecule has 0 amide bonds. The quantitative estimate of drug-likeness (QED) is 0.222. The standard InChI is InChI=1S/2C8H13Si.2C6H5.CH2.2FH.2Sn/c2*1-9(2,3)8-6-4-5-7-8;2*1-2-4-6-5-3-1;;;;;/h2*4-8H,1H2,2-3H3;2*1-5H;1H2;2*1H;;/q;;;;;;;2*+1/p-2. The van der Waals surface area contributed by atoms with Crippen molar-refractivity contribution in [2.75, 3.05) is 0 Å². The van der Waals surface area contributed by atoms with Gasteiger partial charge in [0.2, 0.25) is 0 Å². The molecule has 0 saturated heterocycles. The Bertz CT molecular complexity index is 1010. The van der Waals surface area contributed by atoms with Crippen LogP contribution in [0.15, 0.2) is 109 Å². The minimum absolute atomic E-state index is 0.268. The van der Waals surface area contributed by atoms with Gasteiger partial charge in [-0.05, 0) is 0 Å². The van der Waals surface area contributed by atoms with Crippen LogP contribution in [0.5, 0.6) is 0 Å². The molecular formula is C29H38F2Si2Sn2. The summed E-state index contributed by atoms with van der Waals surface area (Å²) in [5.41, 5.74) is 0.692. The normalized spacial score (nSPS) is 19.8. The summed E-state index contributed by atoms with van der Waals surface area (Å²) in [4.78, 5) is 0. The molecule has 0 radical (unpaired) electrons. The molecule has 35 heavy (non-hydrogen) atoms. The maximum atomic E-state index is 17.8. The Morgan fingerprint density at radius 3 is 1.20 bits per heavy atom. The van der Waals surface area contributed by atoms with Crippen molar-refractivity contribution in [3.05, 3.63) is 109 Å². The molecule has 0 spiro atoms. The van der Waals surface area contributed by atoms with Crippen LogP contribution in [0.2, 0.25) is 47.8 Å². The molecule has 2 aromatic carbocycles. The fourth-order valence-electron chi connectivity index (χ4n) is 6.04. The molecular weight excluding hydrogens is 680 g/mol. The first-order chi connectivity index (χ1) is 16.5. The molecule has 2 unspecified atom stereocenters. The summed E-state index contributed by atoms with van der Waals surface area (Å²) in [6, 6.07) is 19.6. The molecule has 0 aliphatic heterocycles. The second-order valence-corrected chi connectivity index (χ2v) is 49.9. The van der Waals surface area contributed by atoms with Crippen LogP contribution in [-0.2, 0) is 0 Å². The fraction of sp³-hybridized carbons (Fsp3) is 0.310. The van der Waals surface area contributed by atoms with Crippen LogP contribution in [-0.4, -0.2) is 54.0 Å². The van der Waals surface area contributed by atoms with Gasteiger partial charge in [0.1, 0.15) is 0 Å². The Balaban J connectivity index is 1.75. The van der Waals surface area contributed by atoms with Gasteiger partial charge in [-0.3, -0.25) is 0 Å². The SMILES string of the molecule is C[Si](C)([CH2][Sn]([F])([CH2][Sn]([F])([CH2][Si](C)(C)C1C=CC=C1)[c]1ccccc1)[c]1ccccc1)C1C=CC=C1. The van der Waals surface area contributed by atoms with E-state index in [1.54, 1.807) is 0 Å². The molecule has 2 aliphatic rings. The van der Waals surface area contributed by atoms with E-state index in [-0.39, 0.29) is 2.45 Å². The van der Waals surface area contributed by atoms with Gasteiger partial charge >= 0.3 is 224 Å². The van der Waals surface area contributed by atoms with Gasteiger partial charge in [0.25, 0.3) is 0 Å². The molecule has 0 bridgehead atoms. The van der Waals surface area contributed by atoms with Crippen LogP contribution < -0.4 is 7.16 Å². The van der Waals surface area contributed by atoms with Crippen LogP contribution in [0.3, 0.4) is 0 Å². The van der Waals surface area contributed by atoms with Gasteiger partial charge in [0.05, 0.1) is 0 Å². The summed E-state index contributed by atoms with van der Waals surface area (Å²) in [6.07, 6.45) is 17.3. The first kappa shape index (κ1) is 27.3. The number of hydrogen-bond acceptors (Lipinski definition) is 0. The Morgan fingerprint density at radius 2 is 0.886 bits per heavy atom. The van der Waals surface area contributed by atoms with Crippen molar-refractivity contribution >= 4 is 61.2 Å². The zero-order chi connectivity index (χ0) is 25.2. The van der Waals surface area contributed by atoms with Gasteiger partial charge in [0, 0.05) is 0 Å². The van der Waals surface area contributed by atoms with Crippen molar-refractivity contribution in [3.63, 3.8) is 0 Å². The van der Waals surface area contributed by atoms with Gasteiger partial charge in [-0.15, -0.1) is 0 Å². The van der Waals surface area contributed by atoms with Gasteiger partial charge < -0.3 is 0 Å². The summed E-state index contributed by atoms with van der Waals surface area (Å²) in [5.74, 6) is 0. The van der Waals surface area contributed by atoms with Gasteiger partial charge in [-0.2, -0.15) is 0 Å². The van der Waals surface area contributed by atoms with E-state index in [1.165, 1.54) is 0 Å². The molecule has 2 atom stereocenters. The predicted molar refractivity (Wildman–Crippen MR) is 159 cm³/mol. The molecule has 0 N–H and O–H groups in total. The third-order valence-electron chi connectivity index (χ3n) is 7.92. The average Bonchev–Trinajstić information content (AvgIpc) is 3.54. The van der Waals surface area contributed by atoms with Crippen LogP contribution in [0.4, 0.5) is 5.73 Å². The van der Waals surface area contributed by atoms with E-state index in [1.807, 2.05) is 60.7 Å². The zero-order valence-electron chi connectivity index (χ0n) is 21.4. The molecule has 0 heterocycles. The van der Waals surface area contributed by atoms with Crippen molar-refractivity contribution in [1.82, 2.24) is 0 Å². The monoisotopic (exact) mass is 720 g/mol. The predicted octanol–water partition coefficient (Wildman–Crippen LogP) is 7.66. The van der Waals surface area contributed by atoms with E-state index >= 15 is 5.73 Å². The third-order valence-corrected chi connectivity index (χ3v) is 72.9. The molecule has 2 aliphatic carbocycles. The Kier molecular flexibility index (Phi) is 8.55. The summed E-state index contributed by atoms with van der Waals surface area (Å²) >= 11 is -9.15. The van der Waals surface area contributed by atoms with Crippen molar-refractivity contribution < 1.29 is 5.73 Å². The number of halogens is 2. The Morgan fingerprint density at radius 1 is 0.571 bits per heavy atom. The van der Waals surface area contributed by atoms with Crippen molar-refractivity contribution in [2.24, 2.45) is 0 Å². The summed E-state index contributed by atoms with van der Waals surface area (Å²) < 4.78 is 38.9. The first-order valence-electron chi connectivity index (χ1n) is 12.7. The van der Waals surface area contributed by atoms with Crippen LogP contribution in [0.25, 0.3) is 0 Å². The van der Waals surface area contributed by atoms with Gasteiger partial charge in [-0.1, -0.05) is 0 Å². The number of rotatable bonds is 10. The summed E-state index contributed by atoms with van der Waals surface area (Å²) in [6.45, 7) is 9.26. The molecule has 0 fully saturated rings. The third kappa shape index (κ3) is 6.41. The van der Waals surface area contributed by atoms with Gasteiger partial charge in [-0.25, -0.2) is 0 Å². The van der Waals surface area contributed by atoms with Gasteiger partial charge in [0.15, 0.2) is 0 Å². The fourth-order valence-corrected chi connectivity index (χ4v) is 94.4. The topological polar surface area (TPSA) is 0 Å². The molecule has 2 aromatic rings. The van der Waals surface area contributed by atoms with Crippen molar-refractivity contribution in [3.8, 4) is 0 Å². The molecule has 0 aromatic heterocycles. The van der Waals surface area contributed by atoms with Crippen molar-refractivity contribution in [2.45, 2.75) is 47.8 Å². The van der Waals surface area contributed by atoms with E-state index in [2.05, 4.69) is 74.8 Å². The Labute approximate surface area is 222 Å². The molecule has 184 valence electrons. The summed E-state index contributed by atoms with van der Waals surface area (Å²) in [7, 11) is -3.95. The minimum atomic E-state index is -4.57. The van der Waals surface area contributed by atoms with E-state index in [9.17, 15) is 0 Å². The summed E-state index contributed by atoms with van der Waals surface area (Å²) in [5, 5.41) is 0. The van der Waals surface area contributed by atoms with E-state index in [4.69, 9.17) is 0 Å². The molecule has 4 rings (SSSR count). The maximum absolute atomic E-state index is 17.8.